The Morgan fingerprint density at radius 1 is 1.64 bits per heavy atom. The van der Waals surface area contributed by atoms with Crippen molar-refractivity contribution in [3.63, 3.8) is 0 Å². The average molecular weight is 220 g/mol. The third kappa shape index (κ3) is 6.23. The average Bonchev–Trinajstić information content (AvgIpc) is 2.17. The van der Waals surface area contributed by atoms with E-state index >= 15 is 0 Å². The summed E-state index contributed by atoms with van der Waals surface area (Å²) in [5.41, 5.74) is 5.53. The van der Waals surface area contributed by atoms with E-state index in [2.05, 4.69) is 18.5 Å². The number of amides is 1. The summed E-state index contributed by atoms with van der Waals surface area (Å²) in [5.74, 6) is -0.139. The maximum atomic E-state index is 11.3. The largest absolute Gasteiger partial charge is 0.383 e. The van der Waals surface area contributed by atoms with Gasteiger partial charge in [0.25, 0.3) is 0 Å². The molecule has 0 radical (unpaired) electrons. The molecule has 0 bridgehead atoms. The van der Waals surface area contributed by atoms with Gasteiger partial charge in [0, 0.05) is 18.9 Å². The molecule has 0 rings (SSSR count). The van der Waals surface area contributed by atoms with Crippen LogP contribution in [-0.2, 0) is 9.53 Å². The molecule has 2 unspecified atom stereocenters. The van der Waals surface area contributed by atoms with Crippen molar-refractivity contribution in [2.24, 2.45) is 5.73 Å². The maximum Gasteiger partial charge on any atom is 0.239 e. The third-order valence-corrected chi connectivity index (χ3v) is 2.98. The zero-order valence-electron chi connectivity index (χ0n) is 9.08. The Bertz CT molecular complexity index is 167. The lowest BCUT2D eigenvalue weighted by Gasteiger charge is -2.12. The molecule has 0 aromatic rings. The number of methoxy groups -OCH3 is 1. The molecule has 0 aromatic carbocycles. The van der Waals surface area contributed by atoms with Gasteiger partial charge in [-0.1, -0.05) is 6.92 Å². The van der Waals surface area contributed by atoms with Gasteiger partial charge in [-0.25, -0.2) is 0 Å². The minimum atomic E-state index is -0.551. The van der Waals surface area contributed by atoms with Gasteiger partial charge in [-0.3, -0.25) is 4.79 Å². The lowest BCUT2D eigenvalue weighted by Crippen LogP contribution is -2.44. The molecule has 0 aliphatic rings. The molecule has 0 aliphatic heterocycles. The van der Waals surface area contributed by atoms with Crippen molar-refractivity contribution in [1.82, 2.24) is 5.32 Å². The first-order chi connectivity index (χ1) is 6.61. The molecule has 0 fully saturated rings. The van der Waals surface area contributed by atoms with Crippen LogP contribution >= 0.6 is 11.8 Å². The Kier molecular flexibility index (Phi) is 7.93. The van der Waals surface area contributed by atoms with Gasteiger partial charge >= 0.3 is 0 Å². The first-order valence-electron chi connectivity index (χ1n) is 4.66. The minimum Gasteiger partial charge on any atom is -0.383 e. The fourth-order valence-corrected chi connectivity index (χ4v) is 1.26. The van der Waals surface area contributed by atoms with Gasteiger partial charge < -0.3 is 15.8 Å². The first-order valence-corrected chi connectivity index (χ1v) is 5.95. The summed E-state index contributed by atoms with van der Waals surface area (Å²) in [6.07, 6.45) is 3.02. The number of nitrogens with two attached hydrogens (primary N) is 1. The molecule has 0 heterocycles. The molecule has 5 heteroatoms. The predicted octanol–water partition coefficient (Wildman–Crippen LogP) is 0.218. The van der Waals surface area contributed by atoms with Crippen molar-refractivity contribution in [1.29, 1.82) is 0 Å². The van der Waals surface area contributed by atoms with E-state index in [1.807, 2.05) is 0 Å². The van der Waals surface area contributed by atoms with Crippen LogP contribution in [0.3, 0.4) is 0 Å². The van der Waals surface area contributed by atoms with Crippen LogP contribution in [0.25, 0.3) is 0 Å². The summed E-state index contributed by atoms with van der Waals surface area (Å²) >= 11 is 1.79. The highest BCUT2D eigenvalue weighted by atomic mass is 32.2. The molecule has 84 valence electrons. The molecule has 0 aliphatic carbocycles. The first kappa shape index (κ1) is 13.7. The summed E-state index contributed by atoms with van der Waals surface area (Å²) in [5, 5.41) is 3.34. The van der Waals surface area contributed by atoms with Crippen molar-refractivity contribution in [3.8, 4) is 0 Å². The summed E-state index contributed by atoms with van der Waals surface area (Å²) < 4.78 is 4.78. The van der Waals surface area contributed by atoms with E-state index in [0.717, 1.165) is 6.42 Å². The van der Waals surface area contributed by atoms with Gasteiger partial charge in [0.1, 0.15) is 6.04 Å². The van der Waals surface area contributed by atoms with Crippen molar-refractivity contribution >= 4 is 17.7 Å². The van der Waals surface area contributed by atoms with Crippen LogP contribution in [0, 0.1) is 0 Å². The summed E-state index contributed by atoms with van der Waals surface area (Å²) in [6, 6.07) is -0.551. The number of hydrogen-bond acceptors (Lipinski definition) is 4. The number of carbonyl (C=O) groups excluding carboxylic acids is 1. The van der Waals surface area contributed by atoms with Crippen molar-refractivity contribution in [2.75, 3.05) is 26.5 Å². The van der Waals surface area contributed by atoms with E-state index < -0.39 is 6.04 Å². The quantitative estimate of drug-likeness (QED) is 0.644. The second kappa shape index (κ2) is 8.08. The lowest BCUT2D eigenvalue weighted by atomic mass is 10.3. The van der Waals surface area contributed by atoms with Gasteiger partial charge in [-0.2, -0.15) is 11.8 Å². The highest BCUT2D eigenvalue weighted by Gasteiger charge is 2.12. The number of rotatable bonds is 7. The third-order valence-electron chi connectivity index (χ3n) is 1.94. The van der Waals surface area contributed by atoms with E-state index in [1.165, 1.54) is 7.11 Å². The van der Waals surface area contributed by atoms with Crippen LogP contribution in [0.15, 0.2) is 0 Å². The molecule has 0 saturated carbocycles. The summed E-state index contributed by atoms with van der Waals surface area (Å²) in [6.45, 7) is 3.08. The molecule has 3 N–H and O–H groups in total. The van der Waals surface area contributed by atoms with Crippen LogP contribution in [0.4, 0.5) is 0 Å². The van der Waals surface area contributed by atoms with Gasteiger partial charge in [0.15, 0.2) is 0 Å². The predicted molar refractivity (Wildman–Crippen MR) is 60.5 cm³/mol. The lowest BCUT2D eigenvalue weighted by molar-refractivity contribution is -0.123. The number of hydrogen-bond donors (Lipinski definition) is 2. The minimum absolute atomic E-state index is 0.139. The van der Waals surface area contributed by atoms with E-state index in [0.29, 0.717) is 11.8 Å². The van der Waals surface area contributed by atoms with E-state index in [1.54, 1.807) is 11.8 Å². The highest BCUT2D eigenvalue weighted by molar-refractivity contribution is 7.99. The van der Waals surface area contributed by atoms with Crippen molar-refractivity contribution < 1.29 is 9.53 Å². The molecule has 0 saturated heterocycles. The van der Waals surface area contributed by atoms with E-state index in [9.17, 15) is 4.79 Å². The Morgan fingerprint density at radius 3 is 2.79 bits per heavy atom. The zero-order chi connectivity index (χ0) is 11.0. The molecule has 14 heavy (non-hydrogen) atoms. The monoisotopic (exact) mass is 220 g/mol. The normalized spacial score (nSPS) is 14.9. The van der Waals surface area contributed by atoms with Crippen LogP contribution in [0.5, 0.6) is 0 Å². The van der Waals surface area contributed by atoms with Crippen molar-refractivity contribution in [2.45, 2.75) is 24.6 Å². The van der Waals surface area contributed by atoms with Crippen LogP contribution in [0.2, 0.25) is 0 Å². The Hall–Kier alpha value is -0.260. The Balaban J connectivity index is 3.53. The molecule has 1 amide bonds. The summed E-state index contributed by atoms with van der Waals surface area (Å²) in [7, 11) is 1.53. The molecule has 0 spiro atoms. The van der Waals surface area contributed by atoms with Gasteiger partial charge in [0.2, 0.25) is 5.91 Å². The molecule has 0 aromatic heterocycles. The van der Waals surface area contributed by atoms with Crippen LogP contribution < -0.4 is 11.1 Å². The van der Waals surface area contributed by atoms with E-state index in [4.69, 9.17) is 10.5 Å². The zero-order valence-corrected chi connectivity index (χ0v) is 9.89. The highest BCUT2D eigenvalue weighted by Crippen LogP contribution is 2.07. The fraction of sp³-hybridized carbons (Fsp3) is 0.889. The molecule has 4 nitrogen and oxygen atoms in total. The van der Waals surface area contributed by atoms with Crippen molar-refractivity contribution in [3.05, 3.63) is 0 Å². The Labute approximate surface area is 89.9 Å². The number of thioether (sulfide) groups is 1. The standard InChI is InChI=1S/C9H20N2O2S/c1-7(14-3)4-5-11-9(12)8(10)6-13-2/h7-8H,4-6,10H2,1-3H3,(H,11,12). The number of nitrogens with one attached hydrogen (secondary N) is 1. The van der Waals surface area contributed by atoms with Gasteiger partial charge in [-0.15, -0.1) is 0 Å². The second-order valence-electron chi connectivity index (χ2n) is 3.19. The number of ether oxygens (including phenoxy) is 1. The van der Waals surface area contributed by atoms with Gasteiger partial charge in [0.05, 0.1) is 6.61 Å². The summed E-state index contributed by atoms with van der Waals surface area (Å²) in [4.78, 5) is 11.3. The topological polar surface area (TPSA) is 64.3 Å². The maximum absolute atomic E-state index is 11.3. The second-order valence-corrected chi connectivity index (χ2v) is 4.46. The Morgan fingerprint density at radius 2 is 2.29 bits per heavy atom. The molecule has 2 atom stereocenters. The van der Waals surface area contributed by atoms with Crippen LogP contribution in [0.1, 0.15) is 13.3 Å². The number of carbonyl (C=O) groups is 1. The van der Waals surface area contributed by atoms with E-state index in [-0.39, 0.29) is 12.5 Å². The molecular weight excluding hydrogens is 200 g/mol. The smallest absolute Gasteiger partial charge is 0.239 e. The van der Waals surface area contributed by atoms with Gasteiger partial charge in [-0.05, 0) is 12.7 Å². The SMILES string of the molecule is COCC(N)C(=O)NCCC(C)SC. The van der Waals surface area contributed by atoms with Crippen LogP contribution in [-0.4, -0.2) is 43.7 Å². The molecular formula is C9H20N2O2S. The fourth-order valence-electron chi connectivity index (χ4n) is 0.903.